The Bertz CT molecular complexity index is 935. The Morgan fingerprint density at radius 2 is 1.91 bits per heavy atom. The maximum atomic E-state index is 5.40. The summed E-state index contributed by atoms with van der Waals surface area (Å²) in [6, 6.07) is 15.7. The van der Waals surface area contributed by atoms with E-state index in [2.05, 4.69) is 43.4 Å². The molecule has 114 valence electrons. The third kappa shape index (κ3) is 3.02. The highest BCUT2D eigenvalue weighted by Crippen LogP contribution is 2.24. The van der Waals surface area contributed by atoms with E-state index in [1.54, 1.807) is 22.5 Å². The van der Waals surface area contributed by atoms with Gasteiger partial charge in [-0.25, -0.2) is 0 Å². The van der Waals surface area contributed by atoms with Crippen molar-refractivity contribution in [3.8, 4) is 11.5 Å². The zero-order chi connectivity index (χ0) is 15.6. The molecule has 4 rings (SSSR count). The number of nitrogens with zero attached hydrogens (tertiary/aromatic N) is 4. The van der Waals surface area contributed by atoms with Crippen molar-refractivity contribution in [1.82, 2.24) is 19.8 Å². The molecule has 0 bridgehead atoms. The number of fused-ring (bicyclic) bond motifs is 1. The van der Waals surface area contributed by atoms with Crippen molar-refractivity contribution in [3.63, 3.8) is 0 Å². The molecule has 0 radical (unpaired) electrons. The molecule has 0 fully saturated rings. The molecule has 0 atom stereocenters. The van der Waals surface area contributed by atoms with Gasteiger partial charge in [0.25, 0.3) is 0 Å². The maximum absolute atomic E-state index is 5.40. The van der Waals surface area contributed by atoms with Crippen molar-refractivity contribution in [2.45, 2.75) is 10.9 Å². The highest BCUT2D eigenvalue weighted by Gasteiger charge is 2.10. The molecule has 0 aliphatic heterocycles. The zero-order valence-electron chi connectivity index (χ0n) is 11.9. The fourth-order valence-electron chi connectivity index (χ4n) is 2.14. The van der Waals surface area contributed by atoms with Crippen LogP contribution in [0.4, 0.5) is 0 Å². The van der Waals surface area contributed by atoms with Crippen LogP contribution in [-0.4, -0.2) is 19.8 Å². The topological polar surface area (TPSA) is 56.2 Å². The average molecular weight is 387 g/mol. The van der Waals surface area contributed by atoms with E-state index in [0.29, 0.717) is 0 Å². The van der Waals surface area contributed by atoms with Crippen LogP contribution in [0, 0.1) is 0 Å². The van der Waals surface area contributed by atoms with Crippen molar-refractivity contribution >= 4 is 33.3 Å². The first-order valence-corrected chi connectivity index (χ1v) is 8.71. The third-order valence-electron chi connectivity index (χ3n) is 3.29. The van der Waals surface area contributed by atoms with Crippen LogP contribution in [0.2, 0.25) is 0 Å². The van der Waals surface area contributed by atoms with Crippen molar-refractivity contribution in [3.05, 3.63) is 64.8 Å². The molecule has 1 aromatic carbocycles. The first kappa shape index (κ1) is 14.5. The summed E-state index contributed by atoms with van der Waals surface area (Å²) in [5, 5.41) is 13.7. The van der Waals surface area contributed by atoms with Gasteiger partial charge in [0, 0.05) is 10.2 Å². The Hall–Kier alpha value is -2.12. The van der Waals surface area contributed by atoms with Crippen molar-refractivity contribution in [2.75, 3.05) is 0 Å². The summed E-state index contributed by atoms with van der Waals surface area (Å²) in [6.45, 7) is 0. The second-order valence-electron chi connectivity index (χ2n) is 4.86. The monoisotopic (exact) mass is 386 g/mol. The molecule has 3 heterocycles. The number of hydrogen-bond donors (Lipinski definition) is 0. The molecule has 0 aliphatic carbocycles. The van der Waals surface area contributed by atoms with Crippen LogP contribution in [0.3, 0.4) is 0 Å². The van der Waals surface area contributed by atoms with Gasteiger partial charge in [-0.15, -0.1) is 10.2 Å². The number of thioether (sulfide) groups is 1. The van der Waals surface area contributed by atoms with Gasteiger partial charge in [-0.2, -0.15) is 9.61 Å². The highest BCUT2D eigenvalue weighted by molar-refractivity contribution is 9.10. The number of furan rings is 1. The van der Waals surface area contributed by atoms with E-state index >= 15 is 0 Å². The van der Waals surface area contributed by atoms with Crippen molar-refractivity contribution in [2.24, 2.45) is 0 Å². The molecule has 0 saturated carbocycles. The molecule has 3 aromatic heterocycles. The highest BCUT2D eigenvalue weighted by atomic mass is 79.9. The van der Waals surface area contributed by atoms with E-state index in [1.165, 1.54) is 5.56 Å². The Morgan fingerprint density at radius 1 is 1.04 bits per heavy atom. The smallest absolute Gasteiger partial charge is 0.212 e. The Labute approximate surface area is 144 Å². The molecule has 0 unspecified atom stereocenters. The second-order valence-corrected chi connectivity index (χ2v) is 6.72. The van der Waals surface area contributed by atoms with Gasteiger partial charge in [-0.3, -0.25) is 0 Å². The largest absolute Gasteiger partial charge is 0.463 e. The molecule has 4 aromatic rings. The summed E-state index contributed by atoms with van der Waals surface area (Å²) in [7, 11) is 0. The van der Waals surface area contributed by atoms with Crippen molar-refractivity contribution < 1.29 is 4.42 Å². The summed E-state index contributed by atoms with van der Waals surface area (Å²) < 4.78 is 8.22. The van der Waals surface area contributed by atoms with Gasteiger partial charge in [0.15, 0.2) is 11.4 Å². The lowest BCUT2D eigenvalue weighted by Crippen LogP contribution is -1.96. The standard InChI is InChI=1S/C16H11BrN4OS/c17-12-5-3-11(4-6-12)10-23-16-19-18-15-8-7-13(20-21(15)16)14-2-1-9-22-14/h1-9H,10H2. The minimum atomic E-state index is 0.721. The van der Waals surface area contributed by atoms with Crippen LogP contribution in [-0.2, 0) is 5.75 Å². The lowest BCUT2D eigenvalue weighted by molar-refractivity contribution is 0.577. The van der Waals surface area contributed by atoms with E-state index in [4.69, 9.17) is 4.42 Å². The minimum absolute atomic E-state index is 0.721. The predicted octanol–water partition coefficient (Wildman–Crippen LogP) is 4.44. The van der Waals surface area contributed by atoms with Gasteiger partial charge >= 0.3 is 0 Å². The van der Waals surface area contributed by atoms with E-state index in [0.717, 1.165) is 32.5 Å². The maximum Gasteiger partial charge on any atom is 0.212 e. The second kappa shape index (κ2) is 6.17. The Kier molecular flexibility index (Phi) is 3.88. The lowest BCUT2D eigenvalue weighted by atomic mass is 10.2. The number of benzene rings is 1. The molecule has 0 saturated heterocycles. The molecular formula is C16H11BrN4OS. The summed E-state index contributed by atoms with van der Waals surface area (Å²) in [5.41, 5.74) is 2.70. The fourth-order valence-corrected chi connectivity index (χ4v) is 3.25. The van der Waals surface area contributed by atoms with Gasteiger partial charge in [0.05, 0.1) is 6.26 Å². The quantitative estimate of drug-likeness (QED) is 0.485. The SMILES string of the molecule is Brc1ccc(CSc2nnc3ccc(-c4ccco4)nn23)cc1. The molecule has 0 spiro atoms. The van der Waals surface area contributed by atoms with E-state index < -0.39 is 0 Å². The molecule has 7 heteroatoms. The molecule has 5 nitrogen and oxygen atoms in total. The first-order chi connectivity index (χ1) is 11.3. The van der Waals surface area contributed by atoms with Crippen LogP contribution in [0.25, 0.3) is 17.1 Å². The van der Waals surface area contributed by atoms with Crippen LogP contribution < -0.4 is 0 Å². The third-order valence-corrected chi connectivity index (χ3v) is 4.81. The van der Waals surface area contributed by atoms with Crippen LogP contribution in [0.15, 0.2) is 68.8 Å². The van der Waals surface area contributed by atoms with Gasteiger partial charge in [0.2, 0.25) is 5.16 Å². The normalized spacial score (nSPS) is 11.2. The summed E-state index contributed by atoms with van der Waals surface area (Å²) in [4.78, 5) is 0. The molecule has 23 heavy (non-hydrogen) atoms. The van der Waals surface area contributed by atoms with Gasteiger partial charge in [0.1, 0.15) is 5.69 Å². The van der Waals surface area contributed by atoms with E-state index in [1.807, 2.05) is 36.4 Å². The summed E-state index contributed by atoms with van der Waals surface area (Å²) in [5.74, 6) is 1.53. The van der Waals surface area contributed by atoms with Gasteiger partial charge < -0.3 is 4.42 Å². The van der Waals surface area contributed by atoms with Gasteiger partial charge in [-0.1, -0.05) is 39.8 Å². The number of hydrogen-bond acceptors (Lipinski definition) is 5. The fraction of sp³-hybridized carbons (Fsp3) is 0.0625. The molecule has 0 amide bonds. The van der Waals surface area contributed by atoms with Crippen LogP contribution in [0.5, 0.6) is 0 Å². The van der Waals surface area contributed by atoms with Crippen LogP contribution in [0.1, 0.15) is 5.56 Å². The van der Waals surface area contributed by atoms with Crippen molar-refractivity contribution in [1.29, 1.82) is 0 Å². The first-order valence-electron chi connectivity index (χ1n) is 6.93. The van der Waals surface area contributed by atoms with E-state index in [-0.39, 0.29) is 0 Å². The minimum Gasteiger partial charge on any atom is -0.463 e. The van der Waals surface area contributed by atoms with Gasteiger partial charge in [-0.05, 0) is 42.0 Å². The number of aromatic nitrogens is 4. The Balaban J connectivity index is 1.62. The summed E-state index contributed by atoms with van der Waals surface area (Å²) in [6.07, 6.45) is 1.64. The molecular weight excluding hydrogens is 376 g/mol. The lowest BCUT2D eigenvalue weighted by Gasteiger charge is -2.02. The number of rotatable bonds is 4. The average Bonchev–Trinajstić information content (AvgIpc) is 3.24. The van der Waals surface area contributed by atoms with E-state index in [9.17, 15) is 0 Å². The molecule has 0 aliphatic rings. The number of halogens is 1. The van der Waals surface area contributed by atoms with Crippen LogP contribution >= 0.6 is 27.7 Å². The molecule has 0 N–H and O–H groups in total. The summed E-state index contributed by atoms with van der Waals surface area (Å²) >= 11 is 5.04. The zero-order valence-corrected chi connectivity index (χ0v) is 14.3. The Morgan fingerprint density at radius 3 is 2.70 bits per heavy atom. The predicted molar refractivity (Wildman–Crippen MR) is 92.2 cm³/mol.